The monoisotopic (exact) mass is 289 g/mol. The molecule has 0 spiro atoms. The highest BCUT2D eigenvalue weighted by Crippen LogP contribution is 2.20. The summed E-state index contributed by atoms with van der Waals surface area (Å²) in [6, 6.07) is 20.5. The molecule has 1 saturated heterocycles. The summed E-state index contributed by atoms with van der Waals surface area (Å²) in [4.78, 5) is 2.38. The first kappa shape index (κ1) is 14.4. The molecular weight excluding hydrogens is 270 g/mol. The molecule has 0 aromatic heterocycles. The van der Waals surface area contributed by atoms with Gasteiger partial charge in [-0.2, -0.15) is 5.26 Å². The highest BCUT2D eigenvalue weighted by atomic mass is 15.2. The third-order valence-corrected chi connectivity index (χ3v) is 3.89. The van der Waals surface area contributed by atoms with Crippen LogP contribution in [-0.2, 0) is 0 Å². The van der Waals surface area contributed by atoms with Crippen LogP contribution in [0.15, 0.2) is 54.6 Å². The summed E-state index contributed by atoms with van der Waals surface area (Å²) in [6.07, 6.45) is 1.94. The highest BCUT2D eigenvalue weighted by molar-refractivity contribution is 5.89. The quantitative estimate of drug-likeness (QED) is 0.697. The molecule has 0 aliphatic carbocycles. The van der Waals surface area contributed by atoms with Gasteiger partial charge in [-0.1, -0.05) is 42.5 Å². The Balaban J connectivity index is 1.80. The number of hydrogen-bond donors (Lipinski definition) is 1. The van der Waals surface area contributed by atoms with Gasteiger partial charge in [-0.05, 0) is 29.3 Å². The van der Waals surface area contributed by atoms with Crippen LogP contribution in [0.2, 0.25) is 0 Å². The fourth-order valence-corrected chi connectivity index (χ4v) is 2.67. The molecule has 2 aromatic carbocycles. The van der Waals surface area contributed by atoms with E-state index in [4.69, 9.17) is 0 Å². The van der Waals surface area contributed by atoms with Gasteiger partial charge in [-0.15, -0.1) is 0 Å². The zero-order valence-corrected chi connectivity index (χ0v) is 12.5. The van der Waals surface area contributed by atoms with E-state index in [9.17, 15) is 5.26 Å². The maximum atomic E-state index is 9.37. The lowest BCUT2D eigenvalue weighted by molar-refractivity contribution is 0.589. The first-order valence-electron chi connectivity index (χ1n) is 7.60. The molecule has 0 radical (unpaired) electrons. The Morgan fingerprint density at radius 2 is 1.68 bits per heavy atom. The fraction of sp³-hybridized carbons (Fsp3) is 0.211. The van der Waals surface area contributed by atoms with Crippen molar-refractivity contribution >= 4 is 17.3 Å². The minimum Gasteiger partial charge on any atom is -0.369 e. The molecule has 1 aliphatic rings. The third kappa shape index (κ3) is 3.36. The van der Waals surface area contributed by atoms with E-state index in [0.717, 1.165) is 37.3 Å². The van der Waals surface area contributed by atoms with E-state index in [-0.39, 0.29) is 0 Å². The minimum atomic E-state index is 0.690. The van der Waals surface area contributed by atoms with Crippen LogP contribution in [0.3, 0.4) is 0 Å². The van der Waals surface area contributed by atoms with Gasteiger partial charge in [0.15, 0.2) is 0 Å². The Bertz CT molecular complexity index is 675. The number of benzene rings is 2. The molecule has 0 atom stereocenters. The third-order valence-electron chi connectivity index (χ3n) is 3.89. The first-order valence-corrected chi connectivity index (χ1v) is 7.60. The minimum absolute atomic E-state index is 0.690. The SMILES string of the molecule is N#CC(=Cc1ccc(N2CCNCC2)cc1)c1ccccc1. The topological polar surface area (TPSA) is 39.1 Å². The predicted octanol–water partition coefficient (Wildman–Crippen LogP) is 3.16. The molecule has 0 bridgehead atoms. The van der Waals surface area contributed by atoms with E-state index >= 15 is 0 Å². The van der Waals surface area contributed by atoms with Gasteiger partial charge >= 0.3 is 0 Å². The number of allylic oxidation sites excluding steroid dienone is 1. The molecule has 110 valence electrons. The summed E-state index contributed by atoms with van der Waals surface area (Å²) < 4.78 is 0. The Labute approximate surface area is 131 Å². The van der Waals surface area contributed by atoms with Crippen molar-refractivity contribution in [2.75, 3.05) is 31.1 Å². The van der Waals surface area contributed by atoms with Gasteiger partial charge in [0, 0.05) is 31.9 Å². The maximum Gasteiger partial charge on any atom is 0.0998 e. The fourth-order valence-electron chi connectivity index (χ4n) is 2.67. The second kappa shape index (κ2) is 6.93. The Morgan fingerprint density at radius 3 is 2.32 bits per heavy atom. The van der Waals surface area contributed by atoms with E-state index < -0.39 is 0 Å². The Morgan fingerprint density at radius 1 is 1.00 bits per heavy atom. The van der Waals surface area contributed by atoms with Gasteiger partial charge in [-0.3, -0.25) is 0 Å². The van der Waals surface area contributed by atoms with Gasteiger partial charge in [0.05, 0.1) is 11.6 Å². The van der Waals surface area contributed by atoms with Crippen LogP contribution in [0.4, 0.5) is 5.69 Å². The zero-order valence-electron chi connectivity index (χ0n) is 12.5. The summed E-state index contributed by atoms with van der Waals surface area (Å²) >= 11 is 0. The van der Waals surface area contributed by atoms with Crippen LogP contribution < -0.4 is 10.2 Å². The molecule has 1 fully saturated rings. The van der Waals surface area contributed by atoms with Gasteiger partial charge in [0.2, 0.25) is 0 Å². The lowest BCUT2D eigenvalue weighted by Gasteiger charge is -2.29. The first-order chi connectivity index (χ1) is 10.9. The van der Waals surface area contributed by atoms with Crippen molar-refractivity contribution in [3.63, 3.8) is 0 Å². The van der Waals surface area contributed by atoms with Gasteiger partial charge in [0.25, 0.3) is 0 Å². The lowest BCUT2D eigenvalue weighted by atomic mass is 10.0. The molecule has 1 heterocycles. The molecule has 3 nitrogen and oxygen atoms in total. The van der Waals surface area contributed by atoms with E-state index in [1.165, 1.54) is 5.69 Å². The van der Waals surface area contributed by atoms with E-state index in [1.54, 1.807) is 0 Å². The summed E-state index contributed by atoms with van der Waals surface area (Å²) in [5.41, 5.74) is 3.95. The number of piperazine rings is 1. The average molecular weight is 289 g/mol. The van der Waals surface area contributed by atoms with Crippen molar-refractivity contribution in [1.82, 2.24) is 5.32 Å². The van der Waals surface area contributed by atoms with Crippen LogP contribution in [0, 0.1) is 11.3 Å². The molecule has 0 unspecified atom stereocenters. The predicted molar refractivity (Wildman–Crippen MR) is 91.5 cm³/mol. The van der Waals surface area contributed by atoms with Crippen LogP contribution in [0.5, 0.6) is 0 Å². The van der Waals surface area contributed by atoms with Crippen LogP contribution in [0.25, 0.3) is 11.6 Å². The second-order valence-corrected chi connectivity index (χ2v) is 5.36. The summed E-state index contributed by atoms with van der Waals surface area (Å²) in [6.45, 7) is 4.16. The number of nitrogens with one attached hydrogen (secondary N) is 1. The van der Waals surface area contributed by atoms with Gasteiger partial charge in [-0.25, -0.2) is 0 Å². The van der Waals surface area contributed by atoms with Crippen LogP contribution in [-0.4, -0.2) is 26.2 Å². The molecule has 0 amide bonds. The molecule has 1 aliphatic heterocycles. The highest BCUT2D eigenvalue weighted by Gasteiger charge is 2.09. The zero-order chi connectivity index (χ0) is 15.2. The molecule has 2 aromatic rings. The molecule has 1 N–H and O–H groups in total. The van der Waals surface area contributed by atoms with E-state index in [1.807, 2.05) is 36.4 Å². The van der Waals surface area contributed by atoms with E-state index in [2.05, 4.69) is 40.6 Å². The van der Waals surface area contributed by atoms with Crippen molar-refractivity contribution in [3.8, 4) is 6.07 Å². The number of nitrogens with zero attached hydrogens (tertiary/aromatic N) is 2. The largest absolute Gasteiger partial charge is 0.369 e. The van der Waals surface area contributed by atoms with Crippen LogP contribution >= 0.6 is 0 Å². The van der Waals surface area contributed by atoms with Crippen molar-refractivity contribution < 1.29 is 0 Å². The van der Waals surface area contributed by atoms with Crippen molar-refractivity contribution in [2.45, 2.75) is 0 Å². The number of hydrogen-bond acceptors (Lipinski definition) is 3. The normalized spacial score (nSPS) is 15.4. The van der Waals surface area contributed by atoms with Gasteiger partial charge < -0.3 is 10.2 Å². The maximum absolute atomic E-state index is 9.37. The summed E-state index contributed by atoms with van der Waals surface area (Å²) in [7, 11) is 0. The summed E-state index contributed by atoms with van der Waals surface area (Å²) in [5, 5.41) is 12.7. The Hall–Kier alpha value is -2.57. The number of rotatable bonds is 3. The number of nitriles is 1. The smallest absolute Gasteiger partial charge is 0.0998 e. The Kier molecular flexibility index (Phi) is 4.53. The van der Waals surface area contributed by atoms with E-state index in [0.29, 0.717) is 5.57 Å². The van der Waals surface area contributed by atoms with Gasteiger partial charge in [0.1, 0.15) is 0 Å². The van der Waals surface area contributed by atoms with Crippen molar-refractivity contribution in [3.05, 3.63) is 65.7 Å². The molecule has 22 heavy (non-hydrogen) atoms. The van der Waals surface area contributed by atoms with Crippen molar-refractivity contribution in [2.24, 2.45) is 0 Å². The second-order valence-electron chi connectivity index (χ2n) is 5.36. The molecule has 3 rings (SSSR count). The standard InChI is InChI=1S/C19H19N3/c20-15-18(17-4-2-1-3-5-17)14-16-6-8-19(9-7-16)22-12-10-21-11-13-22/h1-9,14,21H,10-13H2. The average Bonchev–Trinajstić information content (AvgIpc) is 2.62. The summed E-state index contributed by atoms with van der Waals surface area (Å²) in [5.74, 6) is 0. The number of anilines is 1. The molecule has 3 heteroatoms. The molecule has 0 saturated carbocycles. The molecular formula is C19H19N3. The van der Waals surface area contributed by atoms with Crippen molar-refractivity contribution in [1.29, 1.82) is 5.26 Å². The van der Waals surface area contributed by atoms with Crippen LogP contribution in [0.1, 0.15) is 11.1 Å². The lowest BCUT2D eigenvalue weighted by Crippen LogP contribution is -2.43.